The molecule has 0 aliphatic carbocycles. The lowest BCUT2D eigenvalue weighted by atomic mass is 10.1. The first-order valence-electron chi connectivity index (χ1n) is 5.74. The van der Waals surface area contributed by atoms with Crippen LogP contribution in [0, 0.1) is 11.6 Å². The van der Waals surface area contributed by atoms with Gasteiger partial charge in [0.1, 0.15) is 5.69 Å². The van der Waals surface area contributed by atoms with E-state index in [4.69, 9.17) is 4.42 Å². The molecule has 0 bridgehead atoms. The van der Waals surface area contributed by atoms with Gasteiger partial charge in [0.15, 0.2) is 22.1 Å². The van der Waals surface area contributed by atoms with Crippen LogP contribution in [-0.4, -0.2) is 16.1 Å². The first-order valence-corrected chi connectivity index (χ1v) is 6.54. The molecule has 1 N–H and O–H groups in total. The van der Waals surface area contributed by atoms with Gasteiger partial charge in [-0.2, -0.15) is 0 Å². The Hall–Kier alpha value is -2.28. The maximum atomic E-state index is 13.3. The number of rotatable bonds is 2. The number of furan rings is 1. The number of fused-ring (bicyclic) bond motifs is 1. The maximum Gasteiger partial charge on any atom is 0.336 e. The lowest BCUT2D eigenvalue weighted by molar-refractivity contribution is 0.0699. The molecule has 3 rings (SSSR count). The van der Waals surface area contributed by atoms with Crippen molar-refractivity contribution in [3.8, 4) is 11.5 Å². The van der Waals surface area contributed by atoms with Crippen LogP contribution in [0.3, 0.4) is 0 Å². The number of pyridine rings is 1. The van der Waals surface area contributed by atoms with E-state index in [2.05, 4.69) is 20.9 Å². The second-order valence-corrected chi connectivity index (χ2v) is 5.03. The Kier molecular flexibility index (Phi) is 3.21. The van der Waals surface area contributed by atoms with Crippen molar-refractivity contribution < 1.29 is 23.1 Å². The Balaban J connectivity index is 2.34. The third kappa shape index (κ3) is 2.40. The molecule has 0 unspecified atom stereocenters. The number of aromatic nitrogens is 1. The zero-order valence-electron chi connectivity index (χ0n) is 10.2. The minimum absolute atomic E-state index is 0.0239. The molecule has 2 heterocycles. The highest BCUT2D eigenvalue weighted by Gasteiger charge is 2.17. The number of aromatic carboxylic acids is 1. The highest BCUT2D eigenvalue weighted by molar-refractivity contribution is 9.10. The molecule has 106 valence electrons. The van der Waals surface area contributed by atoms with Crippen molar-refractivity contribution in [2.24, 2.45) is 0 Å². The number of halogens is 3. The number of nitrogens with zero attached hydrogens (tertiary/aromatic N) is 1. The number of hydrogen-bond acceptors (Lipinski definition) is 3. The molecular formula is C14H6BrF2NO3. The van der Waals surface area contributed by atoms with Crippen LogP contribution in [0.4, 0.5) is 8.78 Å². The van der Waals surface area contributed by atoms with E-state index >= 15 is 0 Å². The summed E-state index contributed by atoms with van der Waals surface area (Å²) in [4.78, 5) is 15.4. The standard InChI is InChI=1S/C14H6BrF2NO3/c15-13-2-1-12(21-13)11-4-7(14(19)20)6-3-8(16)9(17)5-10(6)18-11/h1-5H,(H,19,20). The van der Waals surface area contributed by atoms with Crippen LogP contribution < -0.4 is 0 Å². The summed E-state index contributed by atoms with van der Waals surface area (Å²) in [5.74, 6) is -3.17. The Labute approximate surface area is 125 Å². The highest BCUT2D eigenvalue weighted by Crippen LogP contribution is 2.29. The number of hydrogen-bond donors (Lipinski definition) is 1. The SMILES string of the molecule is O=C(O)c1cc(-c2ccc(Br)o2)nc2cc(F)c(F)cc12. The average molecular weight is 354 g/mol. The van der Waals surface area contributed by atoms with E-state index in [1.807, 2.05) is 0 Å². The van der Waals surface area contributed by atoms with Gasteiger partial charge in [-0.3, -0.25) is 0 Å². The van der Waals surface area contributed by atoms with Crippen LogP contribution in [0.2, 0.25) is 0 Å². The number of carboxylic acids is 1. The fourth-order valence-corrected chi connectivity index (χ4v) is 2.28. The van der Waals surface area contributed by atoms with E-state index in [-0.39, 0.29) is 22.2 Å². The molecule has 0 amide bonds. The van der Waals surface area contributed by atoms with Gasteiger partial charge >= 0.3 is 5.97 Å². The summed E-state index contributed by atoms with van der Waals surface area (Å²) in [5.41, 5.74) is 0.0781. The first kappa shape index (κ1) is 13.7. The normalized spacial score (nSPS) is 11.0. The van der Waals surface area contributed by atoms with Crippen molar-refractivity contribution in [1.82, 2.24) is 4.98 Å². The molecule has 1 aromatic carbocycles. The van der Waals surface area contributed by atoms with Crippen molar-refractivity contribution in [2.45, 2.75) is 0 Å². The van der Waals surface area contributed by atoms with Gasteiger partial charge in [-0.05, 0) is 40.2 Å². The largest absolute Gasteiger partial charge is 0.478 e. The number of carboxylic acid groups (broad SMARTS) is 1. The first-order chi connectivity index (χ1) is 9.95. The van der Waals surface area contributed by atoms with Gasteiger partial charge < -0.3 is 9.52 Å². The van der Waals surface area contributed by atoms with Crippen molar-refractivity contribution in [2.75, 3.05) is 0 Å². The molecule has 2 aromatic heterocycles. The molecule has 0 saturated heterocycles. The van der Waals surface area contributed by atoms with Gasteiger partial charge in [-0.15, -0.1) is 0 Å². The van der Waals surface area contributed by atoms with E-state index in [1.165, 1.54) is 6.07 Å². The van der Waals surface area contributed by atoms with E-state index in [9.17, 15) is 18.7 Å². The van der Waals surface area contributed by atoms with Crippen LogP contribution in [0.1, 0.15) is 10.4 Å². The molecule has 0 spiro atoms. The zero-order chi connectivity index (χ0) is 15.1. The Bertz CT molecular complexity index is 876. The van der Waals surface area contributed by atoms with Gasteiger partial charge in [-0.1, -0.05) is 0 Å². The summed E-state index contributed by atoms with van der Waals surface area (Å²) in [6, 6.07) is 6.14. The molecule has 3 aromatic rings. The monoisotopic (exact) mass is 353 g/mol. The highest BCUT2D eigenvalue weighted by atomic mass is 79.9. The summed E-state index contributed by atoms with van der Waals surface area (Å²) in [5, 5.41) is 9.26. The molecule has 0 fully saturated rings. The summed E-state index contributed by atoms with van der Waals surface area (Å²) >= 11 is 3.13. The molecule has 0 radical (unpaired) electrons. The fraction of sp³-hybridized carbons (Fsp3) is 0. The van der Waals surface area contributed by atoms with Gasteiger partial charge in [0.25, 0.3) is 0 Å². The molecule has 0 atom stereocenters. The van der Waals surface area contributed by atoms with Crippen LogP contribution >= 0.6 is 15.9 Å². The number of carbonyl (C=O) groups is 1. The topological polar surface area (TPSA) is 63.3 Å². The smallest absolute Gasteiger partial charge is 0.336 e. The van der Waals surface area contributed by atoms with Crippen molar-refractivity contribution in [3.63, 3.8) is 0 Å². The Morgan fingerprint density at radius 2 is 1.90 bits per heavy atom. The Morgan fingerprint density at radius 1 is 1.19 bits per heavy atom. The summed E-state index contributed by atoms with van der Waals surface area (Å²) in [6.45, 7) is 0. The average Bonchev–Trinajstić information content (AvgIpc) is 2.85. The van der Waals surface area contributed by atoms with Gasteiger partial charge in [0.2, 0.25) is 0 Å². The second-order valence-electron chi connectivity index (χ2n) is 4.25. The minimum atomic E-state index is -1.26. The van der Waals surface area contributed by atoms with Gasteiger partial charge in [0, 0.05) is 11.5 Å². The zero-order valence-corrected chi connectivity index (χ0v) is 11.8. The predicted molar refractivity (Wildman–Crippen MR) is 74.0 cm³/mol. The lowest BCUT2D eigenvalue weighted by Gasteiger charge is -2.06. The Morgan fingerprint density at radius 3 is 2.52 bits per heavy atom. The van der Waals surface area contributed by atoms with Crippen LogP contribution in [0.5, 0.6) is 0 Å². The number of benzene rings is 1. The third-order valence-corrected chi connectivity index (χ3v) is 3.33. The quantitative estimate of drug-likeness (QED) is 0.748. The van der Waals surface area contributed by atoms with Crippen LogP contribution in [0.15, 0.2) is 39.4 Å². The third-order valence-electron chi connectivity index (χ3n) is 2.91. The van der Waals surface area contributed by atoms with Crippen molar-refractivity contribution in [1.29, 1.82) is 0 Å². The molecule has 4 nitrogen and oxygen atoms in total. The minimum Gasteiger partial charge on any atom is -0.478 e. The molecule has 0 saturated carbocycles. The van der Waals surface area contributed by atoms with Crippen LogP contribution in [-0.2, 0) is 0 Å². The van der Waals surface area contributed by atoms with Gasteiger partial charge in [0.05, 0.1) is 11.1 Å². The van der Waals surface area contributed by atoms with E-state index < -0.39 is 17.6 Å². The van der Waals surface area contributed by atoms with Gasteiger partial charge in [-0.25, -0.2) is 18.6 Å². The molecule has 0 aliphatic heterocycles. The molecule has 21 heavy (non-hydrogen) atoms. The lowest BCUT2D eigenvalue weighted by Crippen LogP contribution is -2.01. The maximum absolute atomic E-state index is 13.3. The summed E-state index contributed by atoms with van der Waals surface area (Å²) in [6.07, 6.45) is 0. The van der Waals surface area contributed by atoms with Crippen LogP contribution in [0.25, 0.3) is 22.4 Å². The second kappa shape index (κ2) is 4.92. The van der Waals surface area contributed by atoms with E-state index in [0.29, 0.717) is 10.4 Å². The van der Waals surface area contributed by atoms with E-state index in [0.717, 1.165) is 12.1 Å². The molecular weight excluding hydrogens is 348 g/mol. The van der Waals surface area contributed by atoms with Crippen molar-refractivity contribution >= 4 is 32.8 Å². The summed E-state index contributed by atoms with van der Waals surface area (Å²) < 4.78 is 32.4. The van der Waals surface area contributed by atoms with Crippen molar-refractivity contribution in [3.05, 3.63) is 52.2 Å². The molecule has 0 aliphatic rings. The molecule has 7 heteroatoms. The van der Waals surface area contributed by atoms with E-state index in [1.54, 1.807) is 12.1 Å². The fourth-order valence-electron chi connectivity index (χ4n) is 1.98. The summed E-state index contributed by atoms with van der Waals surface area (Å²) in [7, 11) is 0. The predicted octanol–water partition coefficient (Wildman–Crippen LogP) is 4.23.